The fraction of sp³-hybridized carbons (Fsp3) is 0.571. The molecule has 1 heterocycles. The van der Waals surface area contributed by atoms with Crippen LogP contribution in [-0.2, 0) is 10.8 Å². The van der Waals surface area contributed by atoms with Crippen LogP contribution in [0, 0.1) is 0 Å². The normalized spacial score (nSPS) is 26.7. The highest BCUT2D eigenvalue weighted by molar-refractivity contribution is 7.85. The van der Waals surface area contributed by atoms with Crippen molar-refractivity contribution in [1.82, 2.24) is 5.32 Å². The second-order valence-electron chi connectivity index (χ2n) is 4.73. The molecule has 3 nitrogen and oxygen atoms in total. The molecule has 0 saturated heterocycles. The lowest BCUT2D eigenvalue weighted by Crippen LogP contribution is -2.32. The summed E-state index contributed by atoms with van der Waals surface area (Å²) >= 11 is 0. The predicted octanol–water partition coefficient (Wildman–Crippen LogP) is 2.64. The van der Waals surface area contributed by atoms with Gasteiger partial charge in [-0.2, -0.15) is 0 Å². The summed E-state index contributed by atoms with van der Waals surface area (Å²) in [6.07, 6.45) is 2.03. The molecule has 3 atom stereocenters. The summed E-state index contributed by atoms with van der Waals surface area (Å²) in [5.41, 5.74) is 1.14. The molecule has 100 valence electrons. The van der Waals surface area contributed by atoms with Gasteiger partial charge in [0.25, 0.3) is 0 Å². The first-order chi connectivity index (χ1) is 8.69. The Hall–Kier alpha value is -0.870. The van der Waals surface area contributed by atoms with Crippen molar-refractivity contribution in [2.24, 2.45) is 0 Å². The lowest BCUT2D eigenvalue weighted by Gasteiger charge is -2.30. The van der Waals surface area contributed by atoms with Gasteiger partial charge in [-0.15, -0.1) is 0 Å². The third kappa shape index (κ3) is 2.45. The number of ether oxygens (including phenoxy) is 1. The van der Waals surface area contributed by atoms with Crippen LogP contribution in [-0.4, -0.2) is 23.1 Å². The molecular formula is C14H21NO2S. The van der Waals surface area contributed by atoms with Crippen LogP contribution in [0.5, 0.6) is 5.75 Å². The molecule has 0 saturated carbocycles. The number of rotatable bonds is 4. The van der Waals surface area contributed by atoms with E-state index in [1.165, 1.54) is 0 Å². The summed E-state index contributed by atoms with van der Waals surface area (Å²) in [5.74, 6) is 0.751. The summed E-state index contributed by atoms with van der Waals surface area (Å²) in [6, 6.07) is 6.23. The molecule has 3 unspecified atom stereocenters. The molecule has 1 aliphatic rings. The molecule has 2 rings (SSSR count). The van der Waals surface area contributed by atoms with Crippen molar-refractivity contribution < 1.29 is 8.95 Å². The van der Waals surface area contributed by atoms with Gasteiger partial charge in [-0.25, -0.2) is 0 Å². The van der Waals surface area contributed by atoms with Crippen LogP contribution in [0.25, 0.3) is 0 Å². The Bertz CT molecular complexity index is 447. The topological polar surface area (TPSA) is 38.3 Å². The number of hydrogen-bond acceptors (Lipinski definition) is 3. The van der Waals surface area contributed by atoms with Gasteiger partial charge < -0.3 is 10.1 Å². The zero-order chi connectivity index (χ0) is 13.1. The maximum absolute atomic E-state index is 12.4. The molecule has 0 fully saturated rings. The van der Waals surface area contributed by atoms with Crippen molar-refractivity contribution in [1.29, 1.82) is 0 Å². The van der Waals surface area contributed by atoms with Gasteiger partial charge in [0.05, 0.1) is 22.8 Å². The molecule has 0 amide bonds. The average molecular weight is 267 g/mol. The van der Waals surface area contributed by atoms with E-state index < -0.39 is 10.8 Å². The lowest BCUT2D eigenvalue weighted by molar-refractivity contribution is 0.395. The van der Waals surface area contributed by atoms with Crippen LogP contribution in [0.3, 0.4) is 0 Å². The van der Waals surface area contributed by atoms with E-state index in [1.54, 1.807) is 7.11 Å². The second kappa shape index (κ2) is 5.85. The minimum absolute atomic E-state index is 0.170. The van der Waals surface area contributed by atoms with Crippen LogP contribution >= 0.6 is 0 Å². The molecular weight excluding hydrogens is 246 g/mol. The van der Waals surface area contributed by atoms with Crippen molar-refractivity contribution in [3.8, 4) is 5.75 Å². The number of fused-ring (bicyclic) bond motifs is 1. The Morgan fingerprint density at radius 2 is 2.28 bits per heavy atom. The maximum Gasteiger partial charge on any atom is 0.135 e. The number of hydrogen-bond donors (Lipinski definition) is 1. The van der Waals surface area contributed by atoms with Crippen LogP contribution in [0.4, 0.5) is 0 Å². The van der Waals surface area contributed by atoms with E-state index in [0.29, 0.717) is 6.04 Å². The highest BCUT2D eigenvalue weighted by atomic mass is 32.2. The third-order valence-electron chi connectivity index (χ3n) is 3.38. The van der Waals surface area contributed by atoms with E-state index in [9.17, 15) is 4.21 Å². The lowest BCUT2D eigenvalue weighted by atomic mass is 10.0. The van der Waals surface area contributed by atoms with Crippen LogP contribution in [0.1, 0.15) is 38.3 Å². The zero-order valence-electron chi connectivity index (χ0n) is 11.2. The molecule has 1 N–H and O–H groups in total. The van der Waals surface area contributed by atoms with E-state index in [0.717, 1.165) is 35.6 Å². The first-order valence-electron chi connectivity index (χ1n) is 6.49. The Kier molecular flexibility index (Phi) is 4.40. The Morgan fingerprint density at radius 3 is 2.94 bits per heavy atom. The molecule has 18 heavy (non-hydrogen) atoms. The largest absolute Gasteiger partial charge is 0.495 e. The van der Waals surface area contributed by atoms with Gasteiger partial charge in [-0.3, -0.25) is 4.21 Å². The predicted molar refractivity (Wildman–Crippen MR) is 74.5 cm³/mol. The highest BCUT2D eigenvalue weighted by Crippen LogP contribution is 2.38. The Labute approximate surface area is 111 Å². The molecule has 0 aliphatic carbocycles. The molecule has 1 aromatic carbocycles. The fourth-order valence-corrected chi connectivity index (χ4v) is 4.00. The average Bonchev–Trinajstić information content (AvgIpc) is 2.40. The van der Waals surface area contributed by atoms with Crippen molar-refractivity contribution in [2.75, 3.05) is 13.7 Å². The molecule has 0 aromatic heterocycles. The van der Waals surface area contributed by atoms with E-state index in [4.69, 9.17) is 4.74 Å². The summed E-state index contributed by atoms with van der Waals surface area (Å²) in [5, 5.41) is 3.71. The number of benzene rings is 1. The van der Waals surface area contributed by atoms with Gasteiger partial charge in [0.1, 0.15) is 5.75 Å². The van der Waals surface area contributed by atoms with Crippen LogP contribution < -0.4 is 10.1 Å². The zero-order valence-corrected chi connectivity index (χ0v) is 12.0. The van der Waals surface area contributed by atoms with E-state index in [2.05, 4.69) is 18.3 Å². The Morgan fingerprint density at radius 1 is 1.50 bits per heavy atom. The molecule has 0 spiro atoms. The maximum atomic E-state index is 12.4. The minimum Gasteiger partial charge on any atom is -0.495 e. The van der Waals surface area contributed by atoms with E-state index in [1.807, 2.05) is 19.1 Å². The van der Waals surface area contributed by atoms with Gasteiger partial charge in [0.2, 0.25) is 0 Å². The minimum atomic E-state index is -0.963. The van der Waals surface area contributed by atoms with Gasteiger partial charge in [0, 0.05) is 11.3 Å². The van der Waals surface area contributed by atoms with Gasteiger partial charge in [0.15, 0.2) is 0 Å². The standard InChI is InChI=1S/C14H21NO2S/c1-4-8-15-12-9-10(2)18(16)14-11(12)6-5-7-13(14)17-3/h5-7,10,12,15H,4,8-9H2,1-3H3. The SMILES string of the molecule is CCCNC1CC(C)S(=O)c2c(OC)cccc21. The fourth-order valence-electron chi connectivity index (χ4n) is 2.44. The van der Waals surface area contributed by atoms with E-state index >= 15 is 0 Å². The summed E-state index contributed by atoms with van der Waals surface area (Å²) in [7, 11) is 0.677. The van der Waals surface area contributed by atoms with Crippen LogP contribution in [0.2, 0.25) is 0 Å². The quantitative estimate of drug-likeness (QED) is 0.911. The number of nitrogens with one attached hydrogen (secondary N) is 1. The number of methoxy groups -OCH3 is 1. The monoisotopic (exact) mass is 267 g/mol. The van der Waals surface area contributed by atoms with Crippen molar-refractivity contribution in [3.05, 3.63) is 23.8 Å². The summed E-state index contributed by atoms with van der Waals surface area (Å²) in [4.78, 5) is 0.882. The van der Waals surface area contributed by atoms with E-state index in [-0.39, 0.29) is 5.25 Å². The first-order valence-corrected chi connectivity index (χ1v) is 7.71. The van der Waals surface area contributed by atoms with Gasteiger partial charge in [-0.1, -0.05) is 26.0 Å². The molecule has 4 heteroatoms. The second-order valence-corrected chi connectivity index (χ2v) is 6.54. The molecule has 1 aliphatic heterocycles. The summed E-state index contributed by atoms with van der Waals surface area (Å²) < 4.78 is 17.8. The first kappa shape index (κ1) is 13.6. The Balaban J connectivity index is 2.41. The smallest absolute Gasteiger partial charge is 0.135 e. The molecule has 1 aromatic rings. The highest BCUT2D eigenvalue weighted by Gasteiger charge is 2.32. The molecule has 0 bridgehead atoms. The van der Waals surface area contributed by atoms with Gasteiger partial charge >= 0.3 is 0 Å². The van der Waals surface area contributed by atoms with Crippen molar-refractivity contribution >= 4 is 10.8 Å². The third-order valence-corrected chi connectivity index (χ3v) is 5.14. The van der Waals surface area contributed by atoms with Crippen LogP contribution in [0.15, 0.2) is 23.1 Å². The van der Waals surface area contributed by atoms with Crippen molar-refractivity contribution in [3.63, 3.8) is 0 Å². The summed E-state index contributed by atoms with van der Waals surface area (Å²) in [6.45, 7) is 5.19. The van der Waals surface area contributed by atoms with Gasteiger partial charge in [-0.05, 0) is 31.0 Å². The molecule has 0 radical (unpaired) electrons. The van der Waals surface area contributed by atoms with Crippen molar-refractivity contribution in [2.45, 2.75) is 42.9 Å².